The van der Waals surface area contributed by atoms with E-state index in [2.05, 4.69) is 10.5 Å². The van der Waals surface area contributed by atoms with Crippen LogP contribution in [0, 0.1) is 0 Å². The Labute approximate surface area is 187 Å². The van der Waals surface area contributed by atoms with E-state index in [1.165, 1.54) is 0 Å². The Morgan fingerprint density at radius 1 is 0.875 bits per heavy atom. The first-order chi connectivity index (χ1) is 15.7. The molecule has 0 aliphatic heterocycles. The van der Waals surface area contributed by atoms with E-state index in [9.17, 15) is 4.79 Å². The molecule has 0 heterocycles. The van der Waals surface area contributed by atoms with E-state index in [1.807, 2.05) is 97.1 Å². The fourth-order valence-corrected chi connectivity index (χ4v) is 3.15. The Hall–Kier alpha value is -4.12. The van der Waals surface area contributed by atoms with Crippen LogP contribution >= 0.6 is 0 Å². The minimum Gasteiger partial charge on any atom is -0.489 e. The van der Waals surface area contributed by atoms with E-state index < -0.39 is 6.10 Å². The lowest BCUT2D eigenvalue weighted by atomic mass is 10.1. The SMILES string of the molecule is CC(Oc1ccc2ccccc2c1)C(=O)NN=Cc1ccc(OCc2ccccc2)cc1. The highest BCUT2D eigenvalue weighted by atomic mass is 16.5. The largest absolute Gasteiger partial charge is 0.489 e. The molecule has 0 radical (unpaired) electrons. The maximum atomic E-state index is 12.3. The predicted molar refractivity (Wildman–Crippen MR) is 127 cm³/mol. The Bertz CT molecular complexity index is 1200. The van der Waals surface area contributed by atoms with Crippen LogP contribution in [-0.2, 0) is 11.4 Å². The van der Waals surface area contributed by atoms with Crippen LogP contribution in [0.25, 0.3) is 10.8 Å². The molecule has 0 bridgehead atoms. The molecule has 0 saturated heterocycles. The zero-order valence-electron chi connectivity index (χ0n) is 17.8. The second-order valence-electron chi connectivity index (χ2n) is 7.35. The van der Waals surface area contributed by atoms with E-state index in [1.54, 1.807) is 13.1 Å². The quantitative estimate of drug-likeness (QED) is 0.307. The number of benzene rings is 4. The van der Waals surface area contributed by atoms with Crippen LogP contribution in [-0.4, -0.2) is 18.2 Å². The lowest BCUT2D eigenvalue weighted by molar-refractivity contribution is -0.127. The molecule has 5 nitrogen and oxygen atoms in total. The number of hydrogen-bond acceptors (Lipinski definition) is 4. The van der Waals surface area contributed by atoms with Crippen molar-refractivity contribution in [2.45, 2.75) is 19.6 Å². The lowest BCUT2D eigenvalue weighted by Gasteiger charge is -2.13. The number of carbonyl (C=O) groups is 1. The zero-order valence-corrected chi connectivity index (χ0v) is 17.8. The average Bonchev–Trinajstić information content (AvgIpc) is 2.84. The van der Waals surface area contributed by atoms with Crippen molar-refractivity contribution in [3.8, 4) is 11.5 Å². The summed E-state index contributed by atoms with van der Waals surface area (Å²) in [5.41, 5.74) is 4.48. The fraction of sp³-hybridized carbons (Fsp3) is 0.111. The molecule has 160 valence electrons. The van der Waals surface area contributed by atoms with Gasteiger partial charge in [0.25, 0.3) is 5.91 Å². The smallest absolute Gasteiger partial charge is 0.280 e. The van der Waals surface area contributed by atoms with Crippen molar-refractivity contribution < 1.29 is 14.3 Å². The van der Waals surface area contributed by atoms with Gasteiger partial charge >= 0.3 is 0 Å². The molecule has 0 aliphatic rings. The molecule has 32 heavy (non-hydrogen) atoms. The highest BCUT2D eigenvalue weighted by Gasteiger charge is 2.14. The summed E-state index contributed by atoms with van der Waals surface area (Å²) in [5.74, 6) is 1.09. The summed E-state index contributed by atoms with van der Waals surface area (Å²) >= 11 is 0. The van der Waals surface area contributed by atoms with Gasteiger partial charge in [0.15, 0.2) is 6.10 Å². The number of ether oxygens (including phenoxy) is 2. The number of hydrazone groups is 1. The monoisotopic (exact) mass is 424 g/mol. The minimum absolute atomic E-state index is 0.322. The van der Waals surface area contributed by atoms with Crippen molar-refractivity contribution in [3.63, 3.8) is 0 Å². The summed E-state index contributed by atoms with van der Waals surface area (Å²) < 4.78 is 11.5. The van der Waals surface area contributed by atoms with Crippen molar-refractivity contribution in [3.05, 3.63) is 108 Å². The van der Waals surface area contributed by atoms with Crippen LogP contribution < -0.4 is 14.9 Å². The summed E-state index contributed by atoms with van der Waals surface area (Å²) in [7, 11) is 0. The standard InChI is InChI=1S/C27H24N2O3/c1-20(32-26-16-13-23-9-5-6-10-24(23)17-26)27(30)29-28-18-21-11-14-25(15-12-21)31-19-22-7-3-2-4-8-22/h2-18,20H,19H2,1H3,(H,29,30). The molecule has 0 aromatic heterocycles. The molecule has 5 heteroatoms. The van der Waals surface area contributed by atoms with E-state index in [0.29, 0.717) is 12.4 Å². The van der Waals surface area contributed by atoms with Crippen molar-refractivity contribution >= 4 is 22.9 Å². The van der Waals surface area contributed by atoms with Gasteiger partial charge in [0.05, 0.1) is 6.21 Å². The topological polar surface area (TPSA) is 59.9 Å². The summed E-state index contributed by atoms with van der Waals surface area (Å²) in [4.78, 5) is 12.3. The Morgan fingerprint density at radius 3 is 2.34 bits per heavy atom. The highest BCUT2D eigenvalue weighted by molar-refractivity contribution is 5.85. The Kier molecular flexibility index (Phi) is 6.78. The second kappa shape index (κ2) is 10.3. The fourth-order valence-electron chi connectivity index (χ4n) is 3.15. The van der Waals surface area contributed by atoms with Gasteiger partial charge in [0.1, 0.15) is 18.1 Å². The van der Waals surface area contributed by atoms with Crippen LogP contribution in [0.15, 0.2) is 102 Å². The molecule has 1 atom stereocenters. The van der Waals surface area contributed by atoms with E-state index in [-0.39, 0.29) is 5.91 Å². The molecule has 0 fully saturated rings. The molecular formula is C27H24N2O3. The van der Waals surface area contributed by atoms with Gasteiger partial charge < -0.3 is 9.47 Å². The van der Waals surface area contributed by atoms with Crippen molar-refractivity contribution in [1.29, 1.82) is 0 Å². The first kappa shape index (κ1) is 21.1. The van der Waals surface area contributed by atoms with E-state index in [4.69, 9.17) is 9.47 Å². The van der Waals surface area contributed by atoms with Gasteiger partial charge in [-0.3, -0.25) is 4.79 Å². The van der Waals surface area contributed by atoms with Gasteiger partial charge in [-0.2, -0.15) is 5.10 Å². The van der Waals surface area contributed by atoms with Gasteiger partial charge in [-0.1, -0.05) is 60.7 Å². The van der Waals surface area contributed by atoms with Gasteiger partial charge in [0, 0.05) is 0 Å². The number of rotatable bonds is 8. The molecule has 4 rings (SSSR count). The lowest BCUT2D eigenvalue weighted by Crippen LogP contribution is -2.33. The Morgan fingerprint density at radius 2 is 1.56 bits per heavy atom. The zero-order chi connectivity index (χ0) is 22.2. The van der Waals surface area contributed by atoms with Crippen LogP contribution in [0.4, 0.5) is 0 Å². The number of hydrogen-bond donors (Lipinski definition) is 1. The third kappa shape index (κ3) is 5.73. The van der Waals surface area contributed by atoms with E-state index >= 15 is 0 Å². The van der Waals surface area contributed by atoms with Crippen molar-refractivity contribution in [2.75, 3.05) is 0 Å². The molecule has 1 unspecified atom stereocenters. The van der Waals surface area contributed by atoms with Crippen LogP contribution in [0.1, 0.15) is 18.1 Å². The number of amides is 1. The second-order valence-corrected chi connectivity index (χ2v) is 7.35. The number of nitrogens with zero attached hydrogens (tertiary/aromatic N) is 1. The number of carbonyl (C=O) groups excluding carboxylic acids is 1. The molecule has 4 aromatic carbocycles. The van der Waals surface area contributed by atoms with Crippen molar-refractivity contribution in [1.82, 2.24) is 5.43 Å². The van der Waals surface area contributed by atoms with Gasteiger partial charge in [-0.05, 0) is 65.2 Å². The van der Waals surface area contributed by atoms with Crippen LogP contribution in [0.5, 0.6) is 11.5 Å². The molecular weight excluding hydrogens is 400 g/mol. The minimum atomic E-state index is -0.679. The number of fused-ring (bicyclic) bond motifs is 1. The van der Waals surface area contributed by atoms with Gasteiger partial charge in [0.2, 0.25) is 0 Å². The van der Waals surface area contributed by atoms with E-state index in [0.717, 1.165) is 27.6 Å². The third-order valence-electron chi connectivity index (χ3n) is 4.92. The molecule has 1 amide bonds. The third-order valence-corrected chi connectivity index (χ3v) is 4.92. The summed E-state index contributed by atoms with van der Waals surface area (Å²) in [6.45, 7) is 2.21. The maximum absolute atomic E-state index is 12.3. The molecule has 0 spiro atoms. The van der Waals surface area contributed by atoms with Gasteiger partial charge in [-0.25, -0.2) is 5.43 Å². The first-order valence-electron chi connectivity index (χ1n) is 10.4. The summed E-state index contributed by atoms with van der Waals surface area (Å²) in [6.07, 6.45) is 0.906. The molecule has 0 saturated carbocycles. The predicted octanol–water partition coefficient (Wildman–Crippen LogP) is 5.34. The highest BCUT2D eigenvalue weighted by Crippen LogP contribution is 2.21. The molecule has 1 N–H and O–H groups in total. The summed E-state index contributed by atoms with van der Waals surface area (Å²) in [5, 5.41) is 6.22. The van der Waals surface area contributed by atoms with Gasteiger partial charge in [-0.15, -0.1) is 0 Å². The molecule has 0 aliphatic carbocycles. The summed E-state index contributed by atoms with van der Waals surface area (Å²) in [6, 6.07) is 31.3. The Balaban J connectivity index is 1.26. The van der Waals surface area contributed by atoms with Crippen LogP contribution in [0.2, 0.25) is 0 Å². The molecule has 4 aromatic rings. The normalized spacial score (nSPS) is 11.9. The maximum Gasteiger partial charge on any atom is 0.280 e. The van der Waals surface area contributed by atoms with Crippen molar-refractivity contribution in [2.24, 2.45) is 5.10 Å². The van der Waals surface area contributed by atoms with Crippen LogP contribution in [0.3, 0.4) is 0 Å². The average molecular weight is 425 g/mol. The number of nitrogens with one attached hydrogen (secondary N) is 1. The first-order valence-corrected chi connectivity index (χ1v) is 10.4.